The first-order valence-electron chi connectivity index (χ1n) is 6.86. The maximum Gasteiger partial charge on any atom is 0.144 e. The average Bonchev–Trinajstić information content (AvgIpc) is 2.31. The Morgan fingerprint density at radius 1 is 1.28 bits per heavy atom. The predicted octanol–water partition coefficient (Wildman–Crippen LogP) is 4.05. The highest BCUT2D eigenvalue weighted by molar-refractivity contribution is 5.73. The molecule has 0 aliphatic rings. The summed E-state index contributed by atoms with van der Waals surface area (Å²) in [5.74, 6) is 0.762. The number of ether oxygens (including phenoxy) is 1. The van der Waals surface area contributed by atoms with E-state index in [-0.39, 0.29) is 6.10 Å². The summed E-state index contributed by atoms with van der Waals surface area (Å²) >= 11 is 0. The molecule has 1 aromatic rings. The third kappa shape index (κ3) is 4.47. The normalized spacial score (nSPS) is 12.5. The van der Waals surface area contributed by atoms with Crippen LogP contribution in [0, 0.1) is 0 Å². The lowest BCUT2D eigenvalue weighted by Gasteiger charge is -2.19. The predicted molar refractivity (Wildman–Crippen MR) is 79.2 cm³/mol. The van der Waals surface area contributed by atoms with Gasteiger partial charge in [0.2, 0.25) is 0 Å². The van der Waals surface area contributed by atoms with E-state index in [2.05, 4.69) is 19.2 Å². The Balaban J connectivity index is 2.71. The monoisotopic (exact) mass is 250 g/mol. The smallest absolute Gasteiger partial charge is 0.144 e. The van der Waals surface area contributed by atoms with Gasteiger partial charge in [-0.1, -0.05) is 25.8 Å². The number of nitrogens with two attached hydrogens (primary N) is 1. The summed E-state index contributed by atoms with van der Waals surface area (Å²) < 4.78 is 5.68. The highest BCUT2D eigenvalue weighted by atomic mass is 16.5. The second kappa shape index (κ2) is 7.14. The van der Waals surface area contributed by atoms with E-state index in [1.807, 2.05) is 32.0 Å². The van der Waals surface area contributed by atoms with Crippen LogP contribution in [-0.2, 0) is 0 Å². The summed E-state index contributed by atoms with van der Waals surface area (Å²) in [6, 6.07) is 6.33. The first-order valence-corrected chi connectivity index (χ1v) is 6.86. The van der Waals surface area contributed by atoms with Crippen molar-refractivity contribution in [2.24, 2.45) is 0 Å². The van der Waals surface area contributed by atoms with Crippen molar-refractivity contribution < 1.29 is 4.74 Å². The van der Waals surface area contributed by atoms with Gasteiger partial charge in [-0.05, 0) is 39.3 Å². The van der Waals surface area contributed by atoms with Crippen molar-refractivity contribution in [1.29, 1.82) is 0 Å². The molecule has 1 atom stereocenters. The van der Waals surface area contributed by atoms with Crippen LogP contribution in [0.15, 0.2) is 18.2 Å². The van der Waals surface area contributed by atoms with Gasteiger partial charge < -0.3 is 15.8 Å². The van der Waals surface area contributed by atoms with E-state index in [9.17, 15) is 0 Å². The molecular weight excluding hydrogens is 224 g/mol. The van der Waals surface area contributed by atoms with Gasteiger partial charge in [0.15, 0.2) is 0 Å². The van der Waals surface area contributed by atoms with Gasteiger partial charge in [-0.2, -0.15) is 0 Å². The molecule has 102 valence electrons. The lowest BCUT2D eigenvalue weighted by molar-refractivity contribution is 0.244. The highest BCUT2D eigenvalue weighted by Gasteiger charge is 2.09. The molecule has 0 fully saturated rings. The molecule has 1 aromatic carbocycles. The SMILES string of the molecule is CCCCC(C)Nc1cccc(OC(C)C)c1N. The number of anilines is 2. The molecule has 0 aliphatic heterocycles. The lowest BCUT2D eigenvalue weighted by atomic mass is 10.1. The van der Waals surface area contributed by atoms with Crippen molar-refractivity contribution >= 4 is 11.4 Å². The molecule has 0 aromatic heterocycles. The summed E-state index contributed by atoms with van der Waals surface area (Å²) in [4.78, 5) is 0. The van der Waals surface area contributed by atoms with Gasteiger partial charge in [0.05, 0.1) is 17.5 Å². The van der Waals surface area contributed by atoms with Gasteiger partial charge >= 0.3 is 0 Å². The third-order valence-corrected chi connectivity index (χ3v) is 2.82. The van der Waals surface area contributed by atoms with Crippen LogP contribution >= 0.6 is 0 Å². The van der Waals surface area contributed by atoms with Crippen molar-refractivity contribution in [3.8, 4) is 5.75 Å². The molecule has 0 aliphatic carbocycles. The number of hydrogen-bond acceptors (Lipinski definition) is 3. The van der Waals surface area contributed by atoms with Crippen molar-refractivity contribution in [2.45, 2.75) is 59.1 Å². The number of nitrogens with one attached hydrogen (secondary N) is 1. The van der Waals surface area contributed by atoms with E-state index in [1.165, 1.54) is 12.8 Å². The van der Waals surface area contributed by atoms with Gasteiger partial charge in [-0.25, -0.2) is 0 Å². The zero-order valence-electron chi connectivity index (χ0n) is 12.0. The van der Waals surface area contributed by atoms with Crippen molar-refractivity contribution in [1.82, 2.24) is 0 Å². The van der Waals surface area contributed by atoms with Gasteiger partial charge in [0, 0.05) is 6.04 Å². The minimum Gasteiger partial charge on any atom is -0.489 e. The highest BCUT2D eigenvalue weighted by Crippen LogP contribution is 2.30. The van der Waals surface area contributed by atoms with Crippen LogP contribution in [-0.4, -0.2) is 12.1 Å². The number of para-hydroxylation sites is 1. The van der Waals surface area contributed by atoms with Gasteiger partial charge in [-0.3, -0.25) is 0 Å². The Hall–Kier alpha value is -1.38. The molecule has 0 bridgehead atoms. The maximum atomic E-state index is 6.12. The van der Waals surface area contributed by atoms with Crippen molar-refractivity contribution in [3.05, 3.63) is 18.2 Å². The zero-order chi connectivity index (χ0) is 13.5. The van der Waals surface area contributed by atoms with Crippen LogP contribution in [0.3, 0.4) is 0 Å². The fourth-order valence-electron chi connectivity index (χ4n) is 1.87. The minimum atomic E-state index is 0.139. The number of hydrogen-bond donors (Lipinski definition) is 2. The van der Waals surface area contributed by atoms with E-state index in [0.29, 0.717) is 11.7 Å². The van der Waals surface area contributed by atoms with Crippen LogP contribution < -0.4 is 15.8 Å². The standard InChI is InChI=1S/C15H26N2O/c1-5-6-8-12(4)17-13-9-7-10-14(15(13)16)18-11(2)3/h7,9-12,17H,5-6,8,16H2,1-4H3. The maximum absolute atomic E-state index is 6.12. The van der Waals surface area contributed by atoms with E-state index in [1.54, 1.807) is 0 Å². The molecule has 0 saturated heterocycles. The molecule has 1 unspecified atom stereocenters. The molecule has 0 radical (unpaired) electrons. The topological polar surface area (TPSA) is 47.3 Å². The Bertz CT molecular complexity index is 364. The summed E-state index contributed by atoms with van der Waals surface area (Å²) in [7, 11) is 0. The summed E-state index contributed by atoms with van der Waals surface area (Å²) in [5, 5.41) is 3.45. The summed E-state index contributed by atoms with van der Waals surface area (Å²) in [6.45, 7) is 8.40. The first-order chi connectivity index (χ1) is 8.54. The molecule has 3 heteroatoms. The molecule has 0 amide bonds. The quantitative estimate of drug-likeness (QED) is 0.718. The number of unbranched alkanes of at least 4 members (excludes halogenated alkanes) is 1. The number of nitrogen functional groups attached to an aromatic ring is 1. The summed E-state index contributed by atoms with van der Waals surface area (Å²) in [5.41, 5.74) is 7.79. The van der Waals surface area contributed by atoms with Crippen LogP contribution in [0.2, 0.25) is 0 Å². The van der Waals surface area contributed by atoms with E-state index >= 15 is 0 Å². The minimum absolute atomic E-state index is 0.139. The van der Waals surface area contributed by atoms with Crippen molar-refractivity contribution in [2.75, 3.05) is 11.1 Å². The fraction of sp³-hybridized carbons (Fsp3) is 0.600. The van der Waals surface area contributed by atoms with E-state index in [4.69, 9.17) is 10.5 Å². The van der Waals surface area contributed by atoms with Crippen molar-refractivity contribution in [3.63, 3.8) is 0 Å². The number of rotatable bonds is 7. The summed E-state index contributed by atoms with van der Waals surface area (Å²) in [6.07, 6.45) is 3.75. The molecule has 1 rings (SSSR count). The van der Waals surface area contributed by atoms with Gasteiger partial charge in [0.25, 0.3) is 0 Å². The van der Waals surface area contributed by atoms with E-state index in [0.717, 1.165) is 17.9 Å². The van der Waals surface area contributed by atoms with Crippen LogP contribution in [0.1, 0.15) is 47.0 Å². The van der Waals surface area contributed by atoms with Crippen LogP contribution in [0.25, 0.3) is 0 Å². The van der Waals surface area contributed by atoms with Crippen LogP contribution in [0.4, 0.5) is 11.4 Å². The third-order valence-electron chi connectivity index (χ3n) is 2.82. The molecule has 0 saturated carbocycles. The Morgan fingerprint density at radius 3 is 2.61 bits per heavy atom. The van der Waals surface area contributed by atoms with E-state index < -0.39 is 0 Å². The second-order valence-electron chi connectivity index (χ2n) is 5.07. The lowest BCUT2D eigenvalue weighted by Crippen LogP contribution is -2.16. The average molecular weight is 250 g/mol. The zero-order valence-corrected chi connectivity index (χ0v) is 12.0. The molecule has 3 nitrogen and oxygen atoms in total. The first kappa shape index (κ1) is 14.7. The molecule has 0 heterocycles. The van der Waals surface area contributed by atoms with Gasteiger partial charge in [-0.15, -0.1) is 0 Å². The van der Waals surface area contributed by atoms with Crippen LogP contribution in [0.5, 0.6) is 5.75 Å². The second-order valence-corrected chi connectivity index (χ2v) is 5.07. The largest absolute Gasteiger partial charge is 0.489 e. The Kier molecular flexibility index (Phi) is 5.83. The molecule has 0 spiro atoms. The molecular formula is C15H26N2O. The molecule has 3 N–H and O–H groups in total. The Labute approximate surface area is 111 Å². The van der Waals surface area contributed by atoms with Gasteiger partial charge in [0.1, 0.15) is 5.75 Å². The Morgan fingerprint density at radius 2 is 2.00 bits per heavy atom. The number of benzene rings is 1. The molecule has 18 heavy (non-hydrogen) atoms. The fourth-order valence-corrected chi connectivity index (χ4v) is 1.87.